The molecule has 5 nitrogen and oxygen atoms in total. The molecule has 5 heteroatoms. The molecule has 0 aliphatic carbocycles. The highest BCUT2D eigenvalue weighted by Crippen LogP contribution is 2.17. The van der Waals surface area contributed by atoms with E-state index in [1.807, 2.05) is 24.3 Å². The summed E-state index contributed by atoms with van der Waals surface area (Å²) in [6.45, 7) is 0. The summed E-state index contributed by atoms with van der Waals surface area (Å²) in [7, 11) is 1.49. The van der Waals surface area contributed by atoms with Crippen molar-refractivity contribution in [1.82, 2.24) is 4.90 Å². The number of likely N-dealkylation sites (N-methyl/N-ethyl adjacent to an activating group) is 1. The van der Waals surface area contributed by atoms with Crippen molar-refractivity contribution in [2.75, 3.05) is 12.4 Å². The lowest BCUT2D eigenvalue weighted by molar-refractivity contribution is -0.136. The van der Waals surface area contributed by atoms with Gasteiger partial charge in [0, 0.05) is 12.7 Å². The highest BCUT2D eigenvalue weighted by Gasteiger charge is 2.35. The molecule has 1 aliphatic heterocycles. The highest BCUT2D eigenvalue weighted by atomic mass is 16.2. The highest BCUT2D eigenvalue weighted by molar-refractivity contribution is 6.06. The van der Waals surface area contributed by atoms with E-state index in [1.165, 1.54) is 7.05 Å². The van der Waals surface area contributed by atoms with Crippen LogP contribution in [0.3, 0.4) is 0 Å². The number of benzene rings is 1. The normalized spacial score (nSPS) is 18.9. The Morgan fingerprint density at radius 2 is 2.06 bits per heavy atom. The first kappa shape index (κ1) is 12.1. The van der Waals surface area contributed by atoms with Crippen LogP contribution < -0.4 is 5.32 Å². The number of amides is 2. The zero-order chi connectivity index (χ0) is 13.1. The first-order valence-corrected chi connectivity index (χ1v) is 5.64. The summed E-state index contributed by atoms with van der Waals surface area (Å²) in [5, 5.41) is 11.6. The number of hydrogen-bond donors (Lipinski definition) is 1. The quantitative estimate of drug-likeness (QED) is 0.801. The van der Waals surface area contributed by atoms with Crippen molar-refractivity contribution in [2.45, 2.75) is 18.9 Å². The number of nitrogens with one attached hydrogen (secondary N) is 1. The molecule has 0 aromatic heterocycles. The van der Waals surface area contributed by atoms with Gasteiger partial charge >= 0.3 is 0 Å². The fourth-order valence-electron chi connectivity index (χ4n) is 1.88. The zero-order valence-electron chi connectivity index (χ0n) is 10.0. The van der Waals surface area contributed by atoms with Crippen molar-refractivity contribution in [1.29, 1.82) is 5.26 Å². The molecule has 2 amide bonds. The fourth-order valence-corrected chi connectivity index (χ4v) is 1.88. The summed E-state index contributed by atoms with van der Waals surface area (Å²) >= 11 is 0. The number of nitriles is 1. The van der Waals surface area contributed by atoms with E-state index in [1.54, 1.807) is 0 Å². The Kier molecular flexibility index (Phi) is 3.28. The molecule has 92 valence electrons. The van der Waals surface area contributed by atoms with Gasteiger partial charge in [0.25, 0.3) is 5.91 Å². The molecule has 1 aromatic rings. The van der Waals surface area contributed by atoms with Gasteiger partial charge in [0.15, 0.2) is 0 Å². The van der Waals surface area contributed by atoms with Crippen LogP contribution in [-0.2, 0) is 16.0 Å². The maximum Gasteiger partial charge on any atom is 0.251 e. The van der Waals surface area contributed by atoms with E-state index in [0.29, 0.717) is 6.42 Å². The van der Waals surface area contributed by atoms with Crippen LogP contribution in [0, 0.1) is 11.3 Å². The summed E-state index contributed by atoms with van der Waals surface area (Å²) in [6, 6.07) is 8.86. The third-order valence-electron chi connectivity index (χ3n) is 2.96. The maximum absolute atomic E-state index is 11.7. The van der Waals surface area contributed by atoms with E-state index in [2.05, 4.69) is 11.4 Å². The minimum absolute atomic E-state index is 0.168. The van der Waals surface area contributed by atoms with Gasteiger partial charge in [-0.25, -0.2) is 0 Å². The summed E-state index contributed by atoms with van der Waals surface area (Å²) in [6.07, 6.45) is 0.555. The second-order valence-corrected chi connectivity index (χ2v) is 4.22. The van der Waals surface area contributed by atoms with Gasteiger partial charge in [-0.2, -0.15) is 5.26 Å². The Morgan fingerprint density at radius 1 is 1.39 bits per heavy atom. The lowest BCUT2D eigenvalue weighted by atomic mass is 10.1. The fraction of sp³-hybridized carbons (Fsp3) is 0.308. The number of imide groups is 1. The van der Waals surface area contributed by atoms with Crippen molar-refractivity contribution < 1.29 is 9.59 Å². The van der Waals surface area contributed by atoms with Gasteiger partial charge < -0.3 is 5.32 Å². The minimum Gasteiger partial charge on any atom is -0.373 e. The number of carbonyl (C=O) groups is 2. The van der Waals surface area contributed by atoms with Crippen LogP contribution in [-0.4, -0.2) is 29.8 Å². The predicted molar refractivity (Wildman–Crippen MR) is 65.6 cm³/mol. The van der Waals surface area contributed by atoms with E-state index in [9.17, 15) is 9.59 Å². The topological polar surface area (TPSA) is 73.2 Å². The van der Waals surface area contributed by atoms with E-state index >= 15 is 0 Å². The third-order valence-corrected chi connectivity index (χ3v) is 2.96. The number of nitrogens with zero attached hydrogens (tertiary/aromatic N) is 2. The van der Waals surface area contributed by atoms with E-state index in [4.69, 9.17) is 5.26 Å². The van der Waals surface area contributed by atoms with Crippen molar-refractivity contribution in [3.63, 3.8) is 0 Å². The molecule has 2 rings (SSSR count). The third kappa shape index (κ3) is 2.33. The lowest BCUT2D eigenvalue weighted by Crippen LogP contribution is -2.31. The van der Waals surface area contributed by atoms with E-state index in [-0.39, 0.29) is 18.2 Å². The smallest absolute Gasteiger partial charge is 0.251 e. The Hall–Kier alpha value is -2.35. The SMILES string of the molecule is CN1C(=O)CC(Nc2ccc(CC#N)cc2)C1=O. The second-order valence-electron chi connectivity index (χ2n) is 4.22. The van der Waals surface area contributed by atoms with Crippen LogP contribution in [0.25, 0.3) is 0 Å². The average molecular weight is 243 g/mol. The van der Waals surface area contributed by atoms with E-state index < -0.39 is 6.04 Å². The van der Waals surface area contributed by atoms with Gasteiger partial charge in [-0.3, -0.25) is 14.5 Å². The zero-order valence-corrected chi connectivity index (χ0v) is 10.0. The molecule has 1 fully saturated rings. The molecule has 18 heavy (non-hydrogen) atoms. The molecular weight excluding hydrogens is 230 g/mol. The van der Waals surface area contributed by atoms with Crippen LogP contribution in [0.4, 0.5) is 5.69 Å². The van der Waals surface area contributed by atoms with Crippen LogP contribution in [0.5, 0.6) is 0 Å². The van der Waals surface area contributed by atoms with Gasteiger partial charge in [0.2, 0.25) is 5.91 Å². The van der Waals surface area contributed by atoms with Gasteiger partial charge in [0.1, 0.15) is 6.04 Å². The largest absolute Gasteiger partial charge is 0.373 e. The Bertz CT molecular complexity index is 516. The second kappa shape index (κ2) is 4.88. The van der Waals surface area contributed by atoms with Crippen LogP contribution in [0.1, 0.15) is 12.0 Å². The molecular formula is C13H13N3O2. The van der Waals surface area contributed by atoms with Gasteiger partial charge in [0.05, 0.1) is 18.9 Å². The number of hydrogen-bond acceptors (Lipinski definition) is 4. The lowest BCUT2D eigenvalue weighted by Gasteiger charge is -2.12. The Labute approximate surface area is 105 Å². The maximum atomic E-state index is 11.7. The number of carbonyl (C=O) groups excluding carboxylic acids is 2. The number of likely N-dealkylation sites (tertiary alicyclic amines) is 1. The molecule has 1 unspecified atom stereocenters. The van der Waals surface area contributed by atoms with E-state index in [0.717, 1.165) is 16.2 Å². The first-order chi connectivity index (χ1) is 8.61. The standard InChI is InChI=1S/C13H13N3O2/c1-16-12(17)8-11(13(16)18)15-10-4-2-9(3-5-10)6-7-14/h2-5,11,15H,6,8H2,1H3. The summed E-state index contributed by atoms with van der Waals surface area (Å²) in [5.41, 5.74) is 1.70. The molecule has 1 heterocycles. The van der Waals surface area contributed by atoms with Gasteiger partial charge in [-0.15, -0.1) is 0 Å². The summed E-state index contributed by atoms with van der Waals surface area (Å²) in [4.78, 5) is 24.2. The Balaban J connectivity index is 2.04. The van der Waals surface area contributed by atoms with Crippen molar-refractivity contribution in [3.05, 3.63) is 29.8 Å². The molecule has 0 bridgehead atoms. The molecule has 0 radical (unpaired) electrons. The predicted octanol–water partition coefficient (Wildman–Crippen LogP) is 0.922. The van der Waals surface area contributed by atoms with Crippen molar-refractivity contribution in [3.8, 4) is 6.07 Å². The van der Waals surface area contributed by atoms with Crippen LogP contribution in [0.2, 0.25) is 0 Å². The first-order valence-electron chi connectivity index (χ1n) is 5.64. The van der Waals surface area contributed by atoms with Gasteiger partial charge in [-0.1, -0.05) is 12.1 Å². The minimum atomic E-state index is -0.482. The number of rotatable bonds is 3. The molecule has 0 saturated carbocycles. The Morgan fingerprint density at radius 3 is 2.56 bits per heavy atom. The summed E-state index contributed by atoms with van der Waals surface area (Å²) in [5.74, 6) is -0.375. The van der Waals surface area contributed by atoms with Gasteiger partial charge in [-0.05, 0) is 17.7 Å². The molecule has 1 atom stereocenters. The van der Waals surface area contributed by atoms with Crippen molar-refractivity contribution in [2.24, 2.45) is 0 Å². The summed E-state index contributed by atoms with van der Waals surface area (Å²) < 4.78 is 0. The average Bonchev–Trinajstić information content (AvgIpc) is 2.60. The molecule has 1 aromatic carbocycles. The van der Waals surface area contributed by atoms with Crippen molar-refractivity contribution >= 4 is 17.5 Å². The number of anilines is 1. The monoisotopic (exact) mass is 243 g/mol. The van der Waals surface area contributed by atoms with Crippen LogP contribution in [0.15, 0.2) is 24.3 Å². The molecule has 0 spiro atoms. The van der Waals surface area contributed by atoms with Crippen LogP contribution >= 0.6 is 0 Å². The molecule has 1 N–H and O–H groups in total. The molecule has 1 saturated heterocycles. The molecule has 1 aliphatic rings.